The predicted molar refractivity (Wildman–Crippen MR) is 122 cm³/mol. The van der Waals surface area contributed by atoms with Crippen molar-refractivity contribution in [2.24, 2.45) is 0 Å². The molecule has 0 unspecified atom stereocenters. The van der Waals surface area contributed by atoms with Crippen LogP contribution in [-0.4, -0.2) is 16.4 Å². The van der Waals surface area contributed by atoms with E-state index in [0.717, 1.165) is 27.7 Å². The molecule has 1 aliphatic heterocycles. The average molecular weight is 434 g/mol. The van der Waals surface area contributed by atoms with E-state index in [1.807, 2.05) is 34.7 Å². The van der Waals surface area contributed by atoms with Gasteiger partial charge in [-0.15, -0.1) is 22.7 Å². The Morgan fingerprint density at radius 2 is 1.77 bits per heavy atom. The number of fused-ring (bicyclic) bond motifs is 2. The second kappa shape index (κ2) is 7.59. The third-order valence-electron chi connectivity index (χ3n) is 5.29. The summed E-state index contributed by atoms with van der Waals surface area (Å²) in [6, 6.07) is 15.1. The molecule has 150 valence electrons. The van der Waals surface area contributed by atoms with Gasteiger partial charge in [0.25, 0.3) is 11.8 Å². The average Bonchev–Trinajstić information content (AvgIpc) is 3.47. The Morgan fingerprint density at radius 3 is 2.53 bits per heavy atom. The zero-order valence-corrected chi connectivity index (χ0v) is 17.9. The van der Waals surface area contributed by atoms with Crippen molar-refractivity contribution < 1.29 is 9.59 Å². The van der Waals surface area contributed by atoms with Gasteiger partial charge in [-0.25, -0.2) is 0 Å². The summed E-state index contributed by atoms with van der Waals surface area (Å²) in [4.78, 5) is 28.6. The molecule has 2 amide bonds. The molecule has 5 rings (SSSR count). The smallest absolute Gasteiger partial charge is 0.259 e. The van der Waals surface area contributed by atoms with Crippen LogP contribution in [0.3, 0.4) is 0 Å². The van der Waals surface area contributed by atoms with Crippen molar-refractivity contribution in [3.05, 3.63) is 92.7 Å². The number of nitrogens with zero attached hydrogens (tertiary/aromatic N) is 2. The summed E-state index contributed by atoms with van der Waals surface area (Å²) < 4.78 is 2.18. The summed E-state index contributed by atoms with van der Waals surface area (Å²) in [6.07, 6.45) is 2.05. The first kappa shape index (κ1) is 18.8. The van der Waals surface area contributed by atoms with E-state index in [4.69, 9.17) is 0 Å². The van der Waals surface area contributed by atoms with E-state index in [2.05, 4.69) is 28.2 Å². The van der Waals surface area contributed by atoms with E-state index in [1.54, 1.807) is 46.9 Å². The van der Waals surface area contributed by atoms with Crippen molar-refractivity contribution in [2.45, 2.75) is 20.0 Å². The monoisotopic (exact) mass is 433 g/mol. The number of benzene rings is 1. The third-order valence-corrected chi connectivity index (χ3v) is 7.12. The number of aryl methyl sites for hydroxylation is 1. The second-order valence-electron chi connectivity index (χ2n) is 7.19. The fraction of sp³-hybridized carbons (Fsp3) is 0.130. The maximum Gasteiger partial charge on any atom is 0.259 e. The Balaban J connectivity index is 1.38. The number of hydrogen-bond donors (Lipinski definition) is 1. The lowest BCUT2D eigenvalue weighted by Gasteiger charge is -2.20. The first-order valence-electron chi connectivity index (χ1n) is 9.58. The predicted octanol–water partition coefficient (Wildman–Crippen LogP) is 5.38. The van der Waals surface area contributed by atoms with Gasteiger partial charge in [-0.3, -0.25) is 14.5 Å². The van der Waals surface area contributed by atoms with Crippen LogP contribution in [0.5, 0.6) is 0 Å². The van der Waals surface area contributed by atoms with Crippen molar-refractivity contribution >= 4 is 45.2 Å². The highest BCUT2D eigenvalue weighted by atomic mass is 32.1. The van der Waals surface area contributed by atoms with Crippen molar-refractivity contribution in [3.8, 4) is 0 Å². The zero-order valence-electron chi connectivity index (χ0n) is 16.3. The Labute approximate surface area is 182 Å². The maximum atomic E-state index is 13.3. The molecule has 1 N–H and O–H groups in total. The Hall–Kier alpha value is -3.16. The van der Waals surface area contributed by atoms with Gasteiger partial charge in [0.05, 0.1) is 18.7 Å². The molecular weight excluding hydrogens is 414 g/mol. The van der Waals surface area contributed by atoms with E-state index in [9.17, 15) is 9.59 Å². The number of thiophene rings is 2. The van der Waals surface area contributed by atoms with Crippen LogP contribution >= 0.6 is 22.7 Å². The molecule has 0 spiro atoms. The molecule has 3 aromatic heterocycles. The minimum Gasteiger partial charge on any atom is -0.345 e. The third kappa shape index (κ3) is 3.36. The largest absolute Gasteiger partial charge is 0.345 e. The number of carbonyl (C=O) groups excluding carboxylic acids is 2. The number of anilines is 2. The number of carbonyl (C=O) groups is 2. The summed E-state index contributed by atoms with van der Waals surface area (Å²) in [5.41, 5.74) is 4.21. The number of amides is 2. The Kier molecular flexibility index (Phi) is 4.77. The molecule has 0 atom stereocenters. The minimum atomic E-state index is -0.135. The lowest BCUT2D eigenvalue weighted by Crippen LogP contribution is -2.29. The number of aromatic nitrogens is 1. The fourth-order valence-corrected chi connectivity index (χ4v) is 5.30. The van der Waals surface area contributed by atoms with Crippen molar-refractivity contribution in [1.29, 1.82) is 0 Å². The maximum absolute atomic E-state index is 13.3. The van der Waals surface area contributed by atoms with E-state index in [-0.39, 0.29) is 11.8 Å². The number of hydrogen-bond acceptors (Lipinski definition) is 4. The van der Waals surface area contributed by atoms with Gasteiger partial charge in [-0.1, -0.05) is 0 Å². The van der Waals surface area contributed by atoms with Gasteiger partial charge in [0.15, 0.2) is 0 Å². The number of nitrogens with one attached hydrogen (secondary N) is 1. The quantitative estimate of drug-likeness (QED) is 0.472. The SMILES string of the molecule is Cc1sccc1C(=O)Nc1ccc(C(=O)N2Cc3cccn3Cc3ccsc32)cc1. The zero-order chi connectivity index (χ0) is 20.7. The molecule has 1 aliphatic rings. The van der Waals surface area contributed by atoms with Gasteiger partial charge < -0.3 is 9.88 Å². The van der Waals surface area contributed by atoms with Crippen LogP contribution in [0.25, 0.3) is 0 Å². The molecule has 30 heavy (non-hydrogen) atoms. The van der Waals surface area contributed by atoms with Crippen molar-refractivity contribution in [2.75, 3.05) is 10.2 Å². The van der Waals surface area contributed by atoms with Gasteiger partial charge in [0, 0.05) is 33.6 Å². The molecule has 4 heterocycles. The van der Waals surface area contributed by atoms with E-state index in [1.165, 1.54) is 0 Å². The molecule has 0 saturated carbocycles. The van der Waals surface area contributed by atoms with Crippen LogP contribution in [-0.2, 0) is 13.1 Å². The minimum absolute atomic E-state index is 0.0418. The summed E-state index contributed by atoms with van der Waals surface area (Å²) in [7, 11) is 0. The molecule has 0 fully saturated rings. The van der Waals surface area contributed by atoms with Gasteiger partial charge in [0.1, 0.15) is 5.00 Å². The van der Waals surface area contributed by atoms with Crippen LogP contribution in [0.1, 0.15) is 36.9 Å². The molecule has 0 aliphatic carbocycles. The molecule has 1 aromatic carbocycles. The molecule has 5 nitrogen and oxygen atoms in total. The summed E-state index contributed by atoms with van der Waals surface area (Å²) in [5, 5.41) is 7.84. The first-order chi connectivity index (χ1) is 14.6. The standard InChI is InChI=1S/C23H19N3O2S2/c1-15-20(9-12-29-15)21(27)24-18-6-4-16(5-7-18)22(28)26-14-19-3-2-10-25(19)13-17-8-11-30-23(17)26/h2-12H,13-14H2,1H3,(H,24,27). The normalized spacial score (nSPS) is 12.8. The van der Waals surface area contributed by atoms with E-state index >= 15 is 0 Å². The van der Waals surface area contributed by atoms with Crippen molar-refractivity contribution in [1.82, 2.24) is 4.57 Å². The van der Waals surface area contributed by atoms with Crippen LogP contribution in [0.2, 0.25) is 0 Å². The van der Waals surface area contributed by atoms with Crippen LogP contribution < -0.4 is 10.2 Å². The van der Waals surface area contributed by atoms with Gasteiger partial charge >= 0.3 is 0 Å². The molecule has 0 bridgehead atoms. The van der Waals surface area contributed by atoms with Crippen LogP contribution in [0.15, 0.2) is 65.5 Å². The van der Waals surface area contributed by atoms with E-state index in [0.29, 0.717) is 23.4 Å². The molecule has 0 saturated heterocycles. The summed E-state index contributed by atoms with van der Waals surface area (Å²) in [5.74, 6) is -0.177. The van der Waals surface area contributed by atoms with Gasteiger partial charge in [-0.2, -0.15) is 0 Å². The molecular formula is C23H19N3O2S2. The first-order valence-corrected chi connectivity index (χ1v) is 11.3. The summed E-state index contributed by atoms with van der Waals surface area (Å²) in [6.45, 7) is 3.24. The highest BCUT2D eigenvalue weighted by molar-refractivity contribution is 7.14. The lowest BCUT2D eigenvalue weighted by molar-refractivity contribution is 0.0984. The second-order valence-corrected chi connectivity index (χ2v) is 9.21. The highest BCUT2D eigenvalue weighted by Crippen LogP contribution is 2.34. The van der Waals surface area contributed by atoms with Crippen molar-refractivity contribution in [3.63, 3.8) is 0 Å². The Morgan fingerprint density at radius 1 is 0.967 bits per heavy atom. The van der Waals surface area contributed by atoms with Crippen LogP contribution in [0, 0.1) is 6.92 Å². The van der Waals surface area contributed by atoms with Crippen LogP contribution in [0.4, 0.5) is 10.7 Å². The summed E-state index contributed by atoms with van der Waals surface area (Å²) >= 11 is 3.14. The topological polar surface area (TPSA) is 54.3 Å². The van der Waals surface area contributed by atoms with E-state index < -0.39 is 0 Å². The molecule has 0 radical (unpaired) electrons. The van der Waals surface area contributed by atoms with Gasteiger partial charge in [0.2, 0.25) is 0 Å². The highest BCUT2D eigenvalue weighted by Gasteiger charge is 2.26. The lowest BCUT2D eigenvalue weighted by atomic mass is 10.1. The molecule has 7 heteroatoms. The van der Waals surface area contributed by atoms with Gasteiger partial charge in [-0.05, 0) is 66.2 Å². The number of rotatable bonds is 3. The Bertz CT molecular complexity index is 1230. The fourth-order valence-electron chi connectivity index (χ4n) is 3.68. The molecule has 4 aromatic rings.